The Morgan fingerprint density at radius 1 is 1.18 bits per heavy atom. The standard InChI is InChI=1S/C13H15NO2S/c1-14-11-5-3-4-6-12(11)16-13-9-17-8-10(13)7-15-2/h3-6,8-9,14H,7H2,1-2H3. The van der Waals surface area contributed by atoms with E-state index in [1.165, 1.54) is 0 Å². The Balaban J connectivity index is 2.22. The van der Waals surface area contributed by atoms with Gasteiger partial charge in [-0.2, -0.15) is 0 Å². The average Bonchev–Trinajstić information content (AvgIpc) is 2.78. The van der Waals surface area contributed by atoms with Crippen molar-refractivity contribution in [3.8, 4) is 11.5 Å². The molecule has 0 aliphatic rings. The zero-order chi connectivity index (χ0) is 12.1. The van der Waals surface area contributed by atoms with Crippen molar-refractivity contribution in [3.63, 3.8) is 0 Å². The first kappa shape index (κ1) is 12.0. The summed E-state index contributed by atoms with van der Waals surface area (Å²) < 4.78 is 11.0. The van der Waals surface area contributed by atoms with Crippen LogP contribution in [-0.4, -0.2) is 14.2 Å². The Kier molecular flexibility index (Phi) is 4.01. The third-order valence-electron chi connectivity index (χ3n) is 2.38. The van der Waals surface area contributed by atoms with E-state index in [1.54, 1.807) is 18.4 Å². The van der Waals surface area contributed by atoms with E-state index >= 15 is 0 Å². The monoisotopic (exact) mass is 249 g/mol. The van der Waals surface area contributed by atoms with E-state index in [4.69, 9.17) is 9.47 Å². The molecule has 0 aliphatic heterocycles. The van der Waals surface area contributed by atoms with E-state index < -0.39 is 0 Å². The second kappa shape index (κ2) is 5.70. The lowest BCUT2D eigenvalue weighted by Gasteiger charge is -2.10. The van der Waals surface area contributed by atoms with Crippen molar-refractivity contribution < 1.29 is 9.47 Å². The number of nitrogens with one attached hydrogen (secondary N) is 1. The number of rotatable bonds is 5. The van der Waals surface area contributed by atoms with Crippen LogP contribution in [0.4, 0.5) is 5.69 Å². The Labute approximate surface area is 105 Å². The molecule has 0 fully saturated rings. The fraction of sp³-hybridized carbons (Fsp3) is 0.231. The van der Waals surface area contributed by atoms with Crippen molar-refractivity contribution in [1.29, 1.82) is 0 Å². The van der Waals surface area contributed by atoms with Gasteiger partial charge in [-0.25, -0.2) is 0 Å². The highest BCUT2D eigenvalue weighted by Gasteiger charge is 2.08. The normalized spacial score (nSPS) is 10.2. The molecule has 0 unspecified atom stereocenters. The number of anilines is 1. The molecule has 2 rings (SSSR count). The fourth-order valence-corrected chi connectivity index (χ4v) is 2.28. The van der Waals surface area contributed by atoms with Gasteiger partial charge >= 0.3 is 0 Å². The quantitative estimate of drug-likeness (QED) is 0.875. The third-order valence-corrected chi connectivity index (χ3v) is 3.15. The summed E-state index contributed by atoms with van der Waals surface area (Å²) >= 11 is 1.61. The summed E-state index contributed by atoms with van der Waals surface area (Å²) in [7, 11) is 3.56. The molecule has 0 radical (unpaired) electrons. The highest BCUT2D eigenvalue weighted by atomic mass is 32.1. The number of para-hydroxylation sites is 2. The van der Waals surface area contributed by atoms with Crippen molar-refractivity contribution in [2.24, 2.45) is 0 Å². The number of ether oxygens (including phenoxy) is 2. The molecule has 0 bridgehead atoms. The number of methoxy groups -OCH3 is 1. The summed E-state index contributed by atoms with van der Waals surface area (Å²) in [5.74, 6) is 1.69. The zero-order valence-electron chi connectivity index (χ0n) is 9.90. The van der Waals surface area contributed by atoms with Crippen molar-refractivity contribution in [2.45, 2.75) is 6.61 Å². The van der Waals surface area contributed by atoms with Crippen LogP contribution in [0.25, 0.3) is 0 Å². The predicted octanol–water partition coefficient (Wildman–Crippen LogP) is 3.73. The van der Waals surface area contributed by atoms with Gasteiger partial charge in [-0.1, -0.05) is 12.1 Å². The first-order valence-electron chi connectivity index (χ1n) is 5.33. The highest BCUT2D eigenvalue weighted by Crippen LogP contribution is 2.33. The van der Waals surface area contributed by atoms with E-state index in [1.807, 2.05) is 42.1 Å². The minimum Gasteiger partial charge on any atom is -0.454 e. The van der Waals surface area contributed by atoms with Crippen molar-refractivity contribution in [1.82, 2.24) is 0 Å². The molecule has 1 N–H and O–H groups in total. The molecule has 0 saturated carbocycles. The summed E-state index contributed by atoms with van der Waals surface area (Å²) in [6, 6.07) is 7.86. The second-order valence-electron chi connectivity index (χ2n) is 3.54. The van der Waals surface area contributed by atoms with Gasteiger partial charge in [0.25, 0.3) is 0 Å². The van der Waals surface area contributed by atoms with Crippen LogP contribution in [0.3, 0.4) is 0 Å². The summed E-state index contributed by atoms with van der Waals surface area (Å²) in [6.07, 6.45) is 0. The summed E-state index contributed by atoms with van der Waals surface area (Å²) in [5, 5.41) is 7.14. The number of benzene rings is 1. The van der Waals surface area contributed by atoms with Crippen LogP contribution in [0.15, 0.2) is 35.0 Å². The van der Waals surface area contributed by atoms with E-state index in [0.29, 0.717) is 6.61 Å². The van der Waals surface area contributed by atoms with Gasteiger partial charge in [-0.3, -0.25) is 0 Å². The van der Waals surface area contributed by atoms with Crippen molar-refractivity contribution in [3.05, 3.63) is 40.6 Å². The Bertz CT molecular complexity index is 482. The lowest BCUT2D eigenvalue weighted by molar-refractivity contribution is 0.183. The van der Waals surface area contributed by atoms with Crippen LogP contribution in [0.2, 0.25) is 0 Å². The van der Waals surface area contributed by atoms with E-state index in [-0.39, 0.29) is 0 Å². The minimum absolute atomic E-state index is 0.570. The summed E-state index contributed by atoms with van der Waals surface area (Å²) in [6.45, 7) is 0.570. The minimum atomic E-state index is 0.570. The number of hydrogen-bond acceptors (Lipinski definition) is 4. The number of hydrogen-bond donors (Lipinski definition) is 1. The van der Waals surface area contributed by atoms with Crippen LogP contribution < -0.4 is 10.1 Å². The van der Waals surface area contributed by atoms with Crippen LogP contribution in [0.1, 0.15) is 5.56 Å². The Hall–Kier alpha value is -1.52. The topological polar surface area (TPSA) is 30.5 Å². The van der Waals surface area contributed by atoms with Gasteiger partial charge in [0.2, 0.25) is 0 Å². The molecule has 1 heterocycles. The van der Waals surface area contributed by atoms with E-state index in [9.17, 15) is 0 Å². The summed E-state index contributed by atoms with van der Waals surface area (Å²) in [4.78, 5) is 0. The second-order valence-corrected chi connectivity index (χ2v) is 4.29. The van der Waals surface area contributed by atoms with Crippen molar-refractivity contribution in [2.75, 3.05) is 19.5 Å². The molecule has 0 atom stereocenters. The maximum atomic E-state index is 5.89. The van der Waals surface area contributed by atoms with Gasteiger partial charge in [0.05, 0.1) is 12.3 Å². The molecular formula is C13H15NO2S. The SMILES string of the molecule is CNc1ccccc1Oc1cscc1COC. The molecule has 17 heavy (non-hydrogen) atoms. The zero-order valence-corrected chi connectivity index (χ0v) is 10.7. The molecule has 90 valence electrons. The molecule has 1 aromatic heterocycles. The Morgan fingerprint density at radius 3 is 2.76 bits per heavy atom. The molecule has 1 aromatic carbocycles. The fourth-order valence-electron chi connectivity index (χ4n) is 1.54. The molecule has 0 aliphatic carbocycles. The summed E-state index contributed by atoms with van der Waals surface area (Å²) in [5.41, 5.74) is 2.05. The Morgan fingerprint density at radius 2 is 2.00 bits per heavy atom. The molecule has 4 heteroatoms. The predicted molar refractivity (Wildman–Crippen MR) is 71.1 cm³/mol. The first-order valence-corrected chi connectivity index (χ1v) is 6.28. The van der Waals surface area contributed by atoms with Crippen LogP contribution in [-0.2, 0) is 11.3 Å². The largest absolute Gasteiger partial charge is 0.454 e. The molecule has 2 aromatic rings. The van der Waals surface area contributed by atoms with Crippen LogP contribution in [0.5, 0.6) is 11.5 Å². The van der Waals surface area contributed by atoms with Gasteiger partial charge in [-0.15, -0.1) is 11.3 Å². The van der Waals surface area contributed by atoms with Gasteiger partial charge in [0, 0.05) is 30.5 Å². The van der Waals surface area contributed by atoms with Crippen molar-refractivity contribution >= 4 is 17.0 Å². The number of thiophene rings is 1. The van der Waals surface area contributed by atoms with Gasteiger partial charge in [0.15, 0.2) is 5.75 Å². The lowest BCUT2D eigenvalue weighted by Crippen LogP contribution is -1.94. The van der Waals surface area contributed by atoms with Gasteiger partial charge in [0.1, 0.15) is 5.75 Å². The molecule has 0 spiro atoms. The first-order chi connectivity index (χ1) is 8.35. The van der Waals surface area contributed by atoms with Crippen LogP contribution in [0, 0.1) is 0 Å². The smallest absolute Gasteiger partial charge is 0.150 e. The highest BCUT2D eigenvalue weighted by molar-refractivity contribution is 7.08. The van der Waals surface area contributed by atoms with Crippen LogP contribution >= 0.6 is 11.3 Å². The third kappa shape index (κ3) is 2.78. The molecule has 0 amide bonds. The van der Waals surface area contributed by atoms with Gasteiger partial charge < -0.3 is 14.8 Å². The molecular weight excluding hydrogens is 234 g/mol. The molecule has 3 nitrogen and oxygen atoms in total. The van der Waals surface area contributed by atoms with E-state index in [0.717, 1.165) is 22.7 Å². The average molecular weight is 249 g/mol. The molecule has 0 saturated heterocycles. The van der Waals surface area contributed by atoms with Gasteiger partial charge in [-0.05, 0) is 12.1 Å². The lowest BCUT2D eigenvalue weighted by atomic mass is 10.3. The maximum absolute atomic E-state index is 5.89. The maximum Gasteiger partial charge on any atom is 0.150 e. The van der Waals surface area contributed by atoms with E-state index in [2.05, 4.69) is 5.32 Å².